The van der Waals surface area contributed by atoms with Gasteiger partial charge in [0.2, 0.25) is 0 Å². The highest BCUT2D eigenvalue weighted by molar-refractivity contribution is 7.98. The number of nitrogens with zero attached hydrogens (tertiary/aromatic N) is 2. The molecule has 1 aliphatic carbocycles. The molecule has 2 N–H and O–H groups in total. The average Bonchev–Trinajstić information content (AvgIpc) is 3.52. The van der Waals surface area contributed by atoms with Gasteiger partial charge >= 0.3 is 5.69 Å². The lowest BCUT2D eigenvalue weighted by Crippen LogP contribution is -2.32. The van der Waals surface area contributed by atoms with Gasteiger partial charge in [-0.05, 0) is 50.3 Å². The number of H-pyrrole nitrogens is 1. The number of anilines is 1. The van der Waals surface area contributed by atoms with Crippen LogP contribution in [0.15, 0.2) is 44.8 Å². The fraction of sp³-hybridized carbons (Fsp3) is 0.300. The van der Waals surface area contributed by atoms with Crippen LogP contribution in [0, 0.1) is 0 Å². The number of carbonyl (C=O) groups excluding carboxylic acids is 1. The molecule has 144 valence electrons. The zero-order valence-corrected chi connectivity index (χ0v) is 16.4. The van der Waals surface area contributed by atoms with E-state index in [-0.39, 0.29) is 28.4 Å². The van der Waals surface area contributed by atoms with Gasteiger partial charge in [-0.3, -0.25) is 19.1 Å². The van der Waals surface area contributed by atoms with Crippen molar-refractivity contribution in [1.29, 1.82) is 0 Å². The van der Waals surface area contributed by atoms with Crippen LogP contribution in [0.5, 0.6) is 0 Å². The van der Waals surface area contributed by atoms with Crippen molar-refractivity contribution in [2.75, 3.05) is 11.6 Å². The topological polar surface area (TPSA) is 96.9 Å². The maximum atomic E-state index is 13.1. The first kappa shape index (κ1) is 18.5. The molecule has 7 nitrogen and oxygen atoms in total. The SMILES string of the molecule is CCn1c(=O)[nH]c(=O)c2c(C(=O)Nc3cccc(SC)c3)cc(C3CC3)nc21. The third-order valence-corrected chi connectivity index (χ3v) is 5.58. The van der Waals surface area contributed by atoms with Crippen molar-refractivity contribution in [3.05, 3.63) is 62.4 Å². The standard InChI is InChI=1S/C20H20N4O3S/c1-3-24-17-16(19(26)23-20(24)27)14(10-15(22-17)11-7-8-11)18(25)21-12-5-4-6-13(9-12)28-2/h4-6,9-11H,3,7-8H2,1-2H3,(H,21,25)(H,23,26,27). The van der Waals surface area contributed by atoms with Crippen molar-refractivity contribution < 1.29 is 4.79 Å². The molecular formula is C20H20N4O3S. The Balaban J connectivity index is 1.88. The number of thioether (sulfide) groups is 1. The lowest BCUT2D eigenvalue weighted by atomic mass is 10.1. The van der Waals surface area contributed by atoms with Crippen molar-refractivity contribution in [3.63, 3.8) is 0 Å². The molecule has 8 heteroatoms. The number of nitrogens with one attached hydrogen (secondary N) is 2. The largest absolute Gasteiger partial charge is 0.329 e. The van der Waals surface area contributed by atoms with Gasteiger partial charge in [-0.1, -0.05) is 6.07 Å². The Kier molecular flexibility index (Phi) is 4.80. The molecule has 1 aliphatic rings. The third kappa shape index (κ3) is 3.35. The molecule has 2 aromatic heterocycles. The van der Waals surface area contributed by atoms with Crippen LogP contribution in [0.3, 0.4) is 0 Å². The van der Waals surface area contributed by atoms with Crippen LogP contribution >= 0.6 is 11.8 Å². The molecule has 0 atom stereocenters. The Labute approximate surface area is 165 Å². The predicted octanol–water partition coefficient (Wildman–Crippen LogP) is 2.96. The summed E-state index contributed by atoms with van der Waals surface area (Å²) in [5, 5.41) is 3.01. The quantitative estimate of drug-likeness (QED) is 0.647. The Morgan fingerprint density at radius 1 is 1.32 bits per heavy atom. The van der Waals surface area contributed by atoms with E-state index in [4.69, 9.17) is 0 Å². The number of aryl methyl sites for hydroxylation is 1. The number of aromatic nitrogens is 3. The summed E-state index contributed by atoms with van der Waals surface area (Å²) in [5.74, 6) is -0.116. The van der Waals surface area contributed by atoms with E-state index in [1.807, 2.05) is 24.5 Å². The van der Waals surface area contributed by atoms with Gasteiger partial charge in [-0.15, -0.1) is 11.8 Å². The monoisotopic (exact) mass is 396 g/mol. The molecule has 1 saturated carbocycles. The van der Waals surface area contributed by atoms with E-state index in [0.29, 0.717) is 12.2 Å². The highest BCUT2D eigenvalue weighted by Gasteiger charge is 2.28. The second-order valence-corrected chi connectivity index (χ2v) is 7.64. The van der Waals surface area contributed by atoms with Crippen LogP contribution in [0.25, 0.3) is 11.0 Å². The van der Waals surface area contributed by atoms with E-state index >= 15 is 0 Å². The normalized spacial score (nSPS) is 13.6. The van der Waals surface area contributed by atoms with Gasteiger partial charge in [-0.2, -0.15) is 0 Å². The van der Waals surface area contributed by atoms with Crippen LogP contribution in [0.1, 0.15) is 41.7 Å². The van der Waals surface area contributed by atoms with Crippen LogP contribution in [0.2, 0.25) is 0 Å². The van der Waals surface area contributed by atoms with E-state index < -0.39 is 11.2 Å². The summed E-state index contributed by atoms with van der Waals surface area (Å²) < 4.78 is 1.40. The number of amides is 1. The number of aromatic amines is 1. The number of pyridine rings is 1. The Hall–Kier alpha value is -2.87. The highest BCUT2D eigenvalue weighted by atomic mass is 32.2. The first-order chi connectivity index (χ1) is 13.5. The third-order valence-electron chi connectivity index (χ3n) is 4.85. The number of benzene rings is 1. The minimum Gasteiger partial charge on any atom is -0.322 e. The molecule has 0 saturated heterocycles. The summed E-state index contributed by atoms with van der Waals surface area (Å²) in [7, 11) is 0. The number of hydrogen-bond donors (Lipinski definition) is 2. The first-order valence-corrected chi connectivity index (χ1v) is 10.4. The Morgan fingerprint density at radius 2 is 2.11 bits per heavy atom. The van der Waals surface area contributed by atoms with Crippen LogP contribution < -0.4 is 16.6 Å². The molecule has 4 rings (SSSR count). The van der Waals surface area contributed by atoms with Crippen molar-refractivity contribution in [3.8, 4) is 0 Å². The lowest BCUT2D eigenvalue weighted by Gasteiger charge is -2.13. The zero-order chi connectivity index (χ0) is 19.8. The average molecular weight is 396 g/mol. The predicted molar refractivity (Wildman–Crippen MR) is 110 cm³/mol. The molecule has 0 aliphatic heterocycles. The van der Waals surface area contributed by atoms with E-state index in [0.717, 1.165) is 23.4 Å². The van der Waals surface area contributed by atoms with Crippen molar-refractivity contribution in [1.82, 2.24) is 14.5 Å². The number of carbonyl (C=O) groups is 1. The fourth-order valence-corrected chi connectivity index (χ4v) is 3.71. The van der Waals surface area contributed by atoms with E-state index in [9.17, 15) is 14.4 Å². The number of hydrogen-bond acceptors (Lipinski definition) is 5. The molecule has 1 amide bonds. The van der Waals surface area contributed by atoms with Crippen molar-refractivity contribution in [2.45, 2.75) is 37.1 Å². The van der Waals surface area contributed by atoms with Crippen molar-refractivity contribution in [2.24, 2.45) is 0 Å². The molecule has 0 bridgehead atoms. The number of fused-ring (bicyclic) bond motifs is 1. The maximum absolute atomic E-state index is 13.1. The molecule has 2 heterocycles. The molecule has 0 spiro atoms. The molecule has 28 heavy (non-hydrogen) atoms. The van der Waals surface area contributed by atoms with Gasteiger partial charge in [0.15, 0.2) is 5.65 Å². The Morgan fingerprint density at radius 3 is 2.79 bits per heavy atom. The smallest absolute Gasteiger partial charge is 0.322 e. The first-order valence-electron chi connectivity index (χ1n) is 9.15. The zero-order valence-electron chi connectivity index (χ0n) is 15.6. The molecule has 1 aromatic carbocycles. The maximum Gasteiger partial charge on any atom is 0.329 e. The molecule has 1 fully saturated rings. The van der Waals surface area contributed by atoms with Gasteiger partial charge in [-0.25, -0.2) is 9.78 Å². The number of rotatable bonds is 5. The van der Waals surface area contributed by atoms with Gasteiger partial charge in [0.1, 0.15) is 0 Å². The van der Waals surface area contributed by atoms with E-state index in [1.54, 1.807) is 30.8 Å². The second-order valence-electron chi connectivity index (χ2n) is 6.76. The van der Waals surface area contributed by atoms with Crippen LogP contribution in [0.4, 0.5) is 5.69 Å². The summed E-state index contributed by atoms with van der Waals surface area (Å²) in [6.07, 6.45) is 3.95. The van der Waals surface area contributed by atoms with Gasteiger partial charge in [0.25, 0.3) is 11.5 Å². The van der Waals surface area contributed by atoms with Gasteiger partial charge < -0.3 is 5.32 Å². The summed E-state index contributed by atoms with van der Waals surface area (Å²) in [4.78, 5) is 45.7. The van der Waals surface area contributed by atoms with E-state index in [1.165, 1.54) is 4.57 Å². The minimum atomic E-state index is -0.595. The van der Waals surface area contributed by atoms with Crippen molar-refractivity contribution >= 4 is 34.4 Å². The summed E-state index contributed by atoms with van der Waals surface area (Å²) in [5.41, 5.74) is 0.799. The highest BCUT2D eigenvalue weighted by Crippen LogP contribution is 2.40. The molecule has 0 radical (unpaired) electrons. The fourth-order valence-electron chi connectivity index (χ4n) is 3.25. The molecule has 0 unspecified atom stereocenters. The summed E-state index contributed by atoms with van der Waals surface area (Å²) in [6.45, 7) is 2.16. The molecule has 3 aromatic rings. The summed E-state index contributed by atoms with van der Waals surface area (Å²) in [6, 6.07) is 9.18. The lowest BCUT2D eigenvalue weighted by molar-refractivity contribution is 0.102. The second kappa shape index (κ2) is 7.27. The Bertz CT molecular complexity index is 1190. The van der Waals surface area contributed by atoms with Crippen LogP contribution in [-0.4, -0.2) is 26.7 Å². The minimum absolute atomic E-state index is 0.143. The van der Waals surface area contributed by atoms with E-state index in [2.05, 4.69) is 15.3 Å². The van der Waals surface area contributed by atoms with Crippen LogP contribution in [-0.2, 0) is 6.54 Å². The summed E-state index contributed by atoms with van der Waals surface area (Å²) >= 11 is 1.58. The molecular weight excluding hydrogens is 376 g/mol. The van der Waals surface area contributed by atoms with Gasteiger partial charge in [0.05, 0.1) is 10.9 Å². The van der Waals surface area contributed by atoms with Gasteiger partial charge in [0, 0.05) is 28.7 Å².